The van der Waals surface area contributed by atoms with Crippen molar-refractivity contribution in [2.45, 2.75) is 25.7 Å². The van der Waals surface area contributed by atoms with E-state index in [4.69, 9.17) is 4.98 Å². The van der Waals surface area contributed by atoms with E-state index < -0.39 is 0 Å². The van der Waals surface area contributed by atoms with Crippen molar-refractivity contribution in [2.75, 3.05) is 5.32 Å². The minimum atomic E-state index is -0.182. The van der Waals surface area contributed by atoms with Crippen LogP contribution in [-0.2, 0) is 10.2 Å². The van der Waals surface area contributed by atoms with Gasteiger partial charge in [0.25, 0.3) is 0 Å². The molecule has 2 aromatic carbocycles. The van der Waals surface area contributed by atoms with Crippen LogP contribution in [0.5, 0.6) is 0 Å². The number of amides is 1. The van der Waals surface area contributed by atoms with Gasteiger partial charge >= 0.3 is 0 Å². The number of rotatable bonds is 1. The summed E-state index contributed by atoms with van der Waals surface area (Å²) in [6.07, 6.45) is 0.495. The molecule has 3 heterocycles. The first-order chi connectivity index (χ1) is 12.0. The van der Waals surface area contributed by atoms with Crippen LogP contribution in [0.1, 0.15) is 25.8 Å². The van der Waals surface area contributed by atoms with E-state index in [1.165, 1.54) is 0 Å². The van der Waals surface area contributed by atoms with Gasteiger partial charge in [-0.3, -0.25) is 4.79 Å². The number of anilines is 1. The molecule has 0 spiro atoms. The van der Waals surface area contributed by atoms with Gasteiger partial charge in [0, 0.05) is 28.4 Å². The molecule has 4 aromatic rings. The zero-order valence-electron chi connectivity index (χ0n) is 14.1. The molecule has 5 nitrogen and oxygen atoms in total. The number of fused-ring (bicyclic) bond motifs is 3. The second-order valence-corrected chi connectivity index (χ2v) is 7.38. The summed E-state index contributed by atoms with van der Waals surface area (Å²) in [5, 5.41) is 4.14. The van der Waals surface area contributed by atoms with Gasteiger partial charge in [-0.25, -0.2) is 4.98 Å². The van der Waals surface area contributed by atoms with E-state index in [0.717, 1.165) is 44.7 Å². The zero-order chi connectivity index (χ0) is 17.2. The molecule has 0 fully saturated rings. The molecule has 0 aliphatic carbocycles. The predicted octanol–water partition coefficient (Wildman–Crippen LogP) is 4.33. The summed E-state index contributed by atoms with van der Waals surface area (Å²) in [6.45, 7) is 4.21. The van der Waals surface area contributed by atoms with Crippen LogP contribution in [0, 0.1) is 0 Å². The Hall–Kier alpha value is -3.08. The van der Waals surface area contributed by atoms with Gasteiger partial charge in [0.05, 0.1) is 16.7 Å². The summed E-state index contributed by atoms with van der Waals surface area (Å²) in [6, 6.07) is 14.3. The molecule has 5 heteroatoms. The molecule has 0 unspecified atom stereocenters. The highest BCUT2D eigenvalue weighted by Gasteiger charge is 2.32. The Kier molecular flexibility index (Phi) is 2.70. The average molecular weight is 330 g/mol. The number of carbonyl (C=O) groups excluding carboxylic acids is 1. The van der Waals surface area contributed by atoms with Crippen molar-refractivity contribution >= 4 is 33.5 Å². The normalized spacial score (nSPS) is 16.2. The van der Waals surface area contributed by atoms with E-state index in [-0.39, 0.29) is 11.3 Å². The second kappa shape index (κ2) is 4.72. The van der Waals surface area contributed by atoms with Crippen LogP contribution < -0.4 is 5.32 Å². The number of hydrogen-bond acceptors (Lipinski definition) is 2. The number of hydrogen-bond donors (Lipinski definition) is 3. The SMILES string of the molecule is CC1(C)CC(=O)Nc2cc3nc(-c4cc5ccccc5[nH]4)[nH]c3cc21. The molecule has 2 aromatic heterocycles. The largest absolute Gasteiger partial charge is 0.352 e. The first kappa shape index (κ1) is 14.3. The lowest BCUT2D eigenvalue weighted by atomic mass is 9.78. The fourth-order valence-electron chi connectivity index (χ4n) is 3.74. The molecule has 124 valence electrons. The topological polar surface area (TPSA) is 73.6 Å². The summed E-state index contributed by atoms with van der Waals surface area (Å²) < 4.78 is 0. The third-order valence-electron chi connectivity index (χ3n) is 5.01. The molecule has 1 amide bonds. The van der Waals surface area contributed by atoms with Crippen molar-refractivity contribution in [3.8, 4) is 11.5 Å². The Morgan fingerprint density at radius 1 is 1.04 bits per heavy atom. The van der Waals surface area contributed by atoms with Crippen LogP contribution in [0.4, 0.5) is 5.69 Å². The number of carbonyl (C=O) groups is 1. The molecule has 0 saturated heterocycles. The summed E-state index contributed by atoms with van der Waals surface area (Å²) >= 11 is 0. The molecular weight excluding hydrogens is 312 g/mol. The standard InChI is InChI=1S/C20H18N4O/c1-20(2)10-18(25)22-14-9-16-15(8-12(14)20)23-19(24-16)17-7-11-5-3-4-6-13(11)21-17/h3-9,21H,10H2,1-2H3,(H,22,25)(H,23,24). The van der Waals surface area contributed by atoms with E-state index >= 15 is 0 Å². The van der Waals surface area contributed by atoms with Gasteiger partial charge in [-0.15, -0.1) is 0 Å². The molecule has 1 aliphatic rings. The van der Waals surface area contributed by atoms with Gasteiger partial charge < -0.3 is 15.3 Å². The lowest BCUT2D eigenvalue weighted by Crippen LogP contribution is -2.32. The third kappa shape index (κ3) is 2.16. The van der Waals surface area contributed by atoms with Crippen LogP contribution in [0.15, 0.2) is 42.5 Å². The van der Waals surface area contributed by atoms with Crippen LogP contribution in [0.25, 0.3) is 33.5 Å². The summed E-state index contributed by atoms with van der Waals surface area (Å²) in [5.74, 6) is 0.862. The molecule has 1 aliphatic heterocycles. The Bertz CT molecular complexity index is 1120. The smallest absolute Gasteiger partial charge is 0.225 e. The van der Waals surface area contributed by atoms with Crippen LogP contribution in [0.3, 0.4) is 0 Å². The molecule has 3 N–H and O–H groups in total. The Labute approximate surface area is 144 Å². The highest BCUT2D eigenvalue weighted by atomic mass is 16.1. The van der Waals surface area contributed by atoms with Gasteiger partial charge in [0.1, 0.15) is 0 Å². The minimum absolute atomic E-state index is 0.0585. The van der Waals surface area contributed by atoms with Crippen molar-refractivity contribution in [2.24, 2.45) is 0 Å². The average Bonchev–Trinajstić information content (AvgIpc) is 3.15. The zero-order valence-corrected chi connectivity index (χ0v) is 14.1. The monoisotopic (exact) mass is 330 g/mol. The fourth-order valence-corrected chi connectivity index (χ4v) is 3.74. The summed E-state index contributed by atoms with van der Waals surface area (Å²) in [4.78, 5) is 23.5. The van der Waals surface area contributed by atoms with E-state index in [1.807, 2.05) is 18.2 Å². The minimum Gasteiger partial charge on any atom is -0.352 e. The Morgan fingerprint density at radius 3 is 2.72 bits per heavy atom. The van der Waals surface area contributed by atoms with Crippen LogP contribution >= 0.6 is 0 Å². The van der Waals surface area contributed by atoms with E-state index in [0.29, 0.717) is 6.42 Å². The number of aromatic nitrogens is 3. The lowest BCUT2D eigenvalue weighted by Gasteiger charge is -2.31. The maximum atomic E-state index is 12.0. The van der Waals surface area contributed by atoms with Gasteiger partial charge in [0.15, 0.2) is 5.82 Å². The molecule has 5 rings (SSSR count). The first-order valence-electron chi connectivity index (χ1n) is 8.42. The maximum absolute atomic E-state index is 12.0. The molecule has 0 saturated carbocycles. The Morgan fingerprint density at radius 2 is 1.88 bits per heavy atom. The van der Waals surface area contributed by atoms with Gasteiger partial charge in [-0.2, -0.15) is 0 Å². The highest BCUT2D eigenvalue weighted by molar-refractivity contribution is 5.98. The van der Waals surface area contributed by atoms with Gasteiger partial charge in [-0.1, -0.05) is 32.0 Å². The lowest BCUT2D eigenvalue weighted by molar-refractivity contribution is -0.117. The maximum Gasteiger partial charge on any atom is 0.225 e. The van der Waals surface area contributed by atoms with Crippen molar-refractivity contribution in [3.05, 3.63) is 48.0 Å². The second-order valence-electron chi connectivity index (χ2n) is 7.38. The quantitative estimate of drug-likeness (QED) is 0.486. The van der Waals surface area contributed by atoms with Crippen molar-refractivity contribution < 1.29 is 4.79 Å². The number of imidazole rings is 1. The number of aromatic amines is 2. The van der Waals surface area contributed by atoms with Crippen molar-refractivity contribution in [1.29, 1.82) is 0 Å². The molecule has 0 radical (unpaired) electrons. The number of benzene rings is 2. The molecule has 25 heavy (non-hydrogen) atoms. The van der Waals surface area contributed by atoms with E-state index in [9.17, 15) is 4.79 Å². The molecule has 0 atom stereocenters. The summed E-state index contributed by atoms with van der Waals surface area (Å²) in [5.41, 5.74) is 5.71. The third-order valence-corrected chi connectivity index (χ3v) is 5.01. The van der Waals surface area contributed by atoms with Gasteiger partial charge in [0.2, 0.25) is 5.91 Å². The Balaban J connectivity index is 1.68. The van der Waals surface area contributed by atoms with Crippen LogP contribution in [-0.4, -0.2) is 20.9 Å². The van der Waals surface area contributed by atoms with Crippen molar-refractivity contribution in [1.82, 2.24) is 15.0 Å². The number of nitrogens with one attached hydrogen (secondary N) is 3. The van der Waals surface area contributed by atoms with Crippen molar-refractivity contribution in [3.63, 3.8) is 0 Å². The number of H-pyrrole nitrogens is 2. The summed E-state index contributed by atoms with van der Waals surface area (Å²) in [7, 11) is 0. The van der Waals surface area contributed by atoms with E-state index in [2.05, 4.69) is 53.4 Å². The van der Waals surface area contributed by atoms with Crippen LogP contribution in [0.2, 0.25) is 0 Å². The highest BCUT2D eigenvalue weighted by Crippen LogP contribution is 2.39. The van der Waals surface area contributed by atoms with Gasteiger partial charge in [-0.05, 0) is 29.8 Å². The predicted molar refractivity (Wildman–Crippen MR) is 99.7 cm³/mol. The first-order valence-corrected chi connectivity index (χ1v) is 8.42. The fraction of sp³-hybridized carbons (Fsp3) is 0.200. The number of para-hydroxylation sites is 1. The number of nitrogens with zero attached hydrogens (tertiary/aromatic N) is 1. The van der Waals surface area contributed by atoms with E-state index in [1.54, 1.807) is 0 Å². The molecule has 0 bridgehead atoms. The molecular formula is C20H18N4O.